The minimum atomic E-state index is -1.30. The van der Waals surface area contributed by atoms with Crippen LogP contribution < -0.4 is 0 Å². The van der Waals surface area contributed by atoms with E-state index in [2.05, 4.69) is 10.0 Å². The number of aliphatic hydroxyl groups excluding tert-OH is 2. The van der Waals surface area contributed by atoms with E-state index in [4.69, 9.17) is 15.0 Å². The second-order valence-electron chi connectivity index (χ2n) is 4.88. The Morgan fingerprint density at radius 3 is 2.74 bits per heavy atom. The third kappa shape index (κ3) is 3.95. The SMILES string of the molecule is CS[C@@H]1OC(CO)[C@@H](O)[C@@H](OC(=O)c2ccccc2)C1N=[N+]=[N-]. The fourth-order valence-electron chi connectivity index (χ4n) is 2.33. The minimum Gasteiger partial charge on any atom is -0.455 e. The smallest absolute Gasteiger partial charge is 0.338 e. The van der Waals surface area contributed by atoms with Crippen molar-refractivity contribution >= 4 is 17.7 Å². The number of rotatable bonds is 5. The second kappa shape index (κ2) is 8.19. The molecule has 1 aliphatic heterocycles. The molecule has 0 bridgehead atoms. The predicted molar refractivity (Wildman–Crippen MR) is 83.8 cm³/mol. The summed E-state index contributed by atoms with van der Waals surface area (Å²) >= 11 is 1.24. The highest BCUT2D eigenvalue weighted by Gasteiger charge is 2.46. The normalized spacial score (nSPS) is 30.3. The zero-order valence-corrected chi connectivity index (χ0v) is 13.2. The maximum absolute atomic E-state index is 12.2. The Morgan fingerprint density at radius 2 is 2.17 bits per heavy atom. The van der Waals surface area contributed by atoms with Gasteiger partial charge in [0, 0.05) is 4.91 Å². The van der Waals surface area contributed by atoms with E-state index in [0.29, 0.717) is 5.56 Å². The van der Waals surface area contributed by atoms with Crippen molar-refractivity contribution < 1.29 is 24.5 Å². The summed E-state index contributed by atoms with van der Waals surface area (Å²) in [5.74, 6) is -0.647. The second-order valence-corrected chi connectivity index (χ2v) is 5.82. The van der Waals surface area contributed by atoms with Gasteiger partial charge in [-0.3, -0.25) is 0 Å². The van der Waals surface area contributed by atoms with Gasteiger partial charge in [-0.25, -0.2) is 4.79 Å². The van der Waals surface area contributed by atoms with Gasteiger partial charge in [-0.1, -0.05) is 23.3 Å². The predicted octanol–water partition coefficient (Wildman–Crippen LogP) is 1.33. The van der Waals surface area contributed by atoms with Gasteiger partial charge >= 0.3 is 5.97 Å². The molecule has 0 aromatic heterocycles. The Kier molecular flexibility index (Phi) is 6.26. The fourth-order valence-corrected chi connectivity index (χ4v) is 3.07. The quantitative estimate of drug-likeness (QED) is 0.361. The fraction of sp³-hybridized carbons (Fsp3) is 0.500. The summed E-state index contributed by atoms with van der Waals surface area (Å²) in [4.78, 5) is 15.0. The van der Waals surface area contributed by atoms with Crippen LogP contribution in [0.4, 0.5) is 0 Å². The Labute approximate surface area is 137 Å². The van der Waals surface area contributed by atoms with Crippen LogP contribution >= 0.6 is 11.8 Å². The van der Waals surface area contributed by atoms with E-state index >= 15 is 0 Å². The van der Waals surface area contributed by atoms with E-state index in [0.717, 1.165) is 0 Å². The number of hydrogen-bond acceptors (Lipinski definition) is 7. The number of carbonyl (C=O) groups excluding carboxylic acids is 1. The molecule has 0 amide bonds. The van der Waals surface area contributed by atoms with E-state index in [1.165, 1.54) is 11.8 Å². The minimum absolute atomic E-state index is 0.312. The molecule has 5 atom stereocenters. The molecule has 2 N–H and O–H groups in total. The number of aliphatic hydroxyl groups is 2. The molecule has 1 saturated heterocycles. The average molecular weight is 339 g/mol. The van der Waals surface area contributed by atoms with Gasteiger partial charge in [0.25, 0.3) is 0 Å². The van der Waals surface area contributed by atoms with Crippen LogP contribution in [0.2, 0.25) is 0 Å². The molecule has 2 unspecified atom stereocenters. The van der Waals surface area contributed by atoms with Gasteiger partial charge in [0.05, 0.1) is 12.2 Å². The Morgan fingerprint density at radius 1 is 1.48 bits per heavy atom. The number of azide groups is 1. The first kappa shape index (κ1) is 17.6. The van der Waals surface area contributed by atoms with Crippen molar-refractivity contribution in [2.75, 3.05) is 12.9 Å². The lowest BCUT2D eigenvalue weighted by Crippen LogP contribution is -2.58. The van der Waals surface area contributed by atoms with Crippen LogP contribution in [0.3, 0.4) is 0 Å². The van der Waals surface area contributed by atoms with Crippen LogP contribution in [0.5, 0.6) is 0 Å². The van der Waals surface area contributed by atoms with Crippen LogP contribution in [0.15, 0.2) is 35.4 Å². The molecule has 23 heavy (non-hydrogen) atoms. The van der Waals surface area contributed by atoms with E-state index in [1.807, 2.05) is 0 Å². The Balaban J connectivity index is 2.25. The van der Waals surface area contributed by atoms with Crippen LogP contribution in [0, 0.1) is 0 Å². The summed E-state index contributed by atoms with van der Waals surface area (Å²) in [7, 11) is 0. The van der Waals surface area contributed by atoms with E-state index in [9.17, 15) is 15.0 Å². The van der Waals surface area contributed by atoms with Crippen LogP contribution in [-0.2, 0) is 9.47 Å². The van der Waals surface area contributed by atoms with Crippen molar-refractivity contribution in [2.24, 2.45) is 5.11 Å². The summed E-state index contributed by atoms with van der Waals surface area (Å²) in [6.45, 7) is -0.444. The lowest BCUT2D eigenvalue weighted by Gasteiger charge is -2.41. The topological polar surface area (TPSA) is 125 Å². The monoisotopic (exact) mass is 339 g/mol. The van der Waals surface area contributed by atoms with Gasteiger partial charge < -0.3 is 19.7 Å². The van der Waals surface area contributed by atoms with Gasteiger partial charge in [0.2, 0.25) is 0 Å². The Hall–Kier alpha value is -1.77. The summed E-state index contributed by atoms with van der Waals surface area (Å²) in [5.41, 5.74) is 8.41. The van der Waals surface area contributed by atoms with Gasteiger partial charge in [-0.15, -0.1) is 11.8 Å². The Bertz CT molecular complexity index is 581. The maximum atomic E-state index is 12.2. The maximum Gasteiger partial charge on any atom is 0.338 e. The molecule has 0 aliphatic carbocycles. The summed E-state index contributed by atoms with van der Waals surface area (Å²) in [6, 6.07) is 7.37. The zero-order valence-electron chi connectivity index (χ0n) is 12.3. The molecule has 1 heterocycles. The first-order chi connectivity index (χ1) is 11.1. The molecule has 124 valence electrons. The number of thioether (sulfide) groups is 1. The third-order valence-electron chi connectivity index (χ3n) is 3.49. The molecule has 0 radical (unpaired) electrons. The number of carbonyl (C=O) groups is 1. The highest BCUT2D eigenvalue weighted by molar-refractivity contribution is 7.99. The zero-order chi connectivity index (χ0) is 16.8. The lowest BCUT2D eigenvalue weighted by atomic mass is 9.98. The first-order valence-corrected chi connectivity index (χ1v) is 8.18. The third-order valence-corrected chi connectivity index (χ3v) is 4.35. The van der Waals surface area contributed by atoms with E-state index in [-0.39, 0.29) is 0 Å². The largest absolute Gasteiger partial charge is 0.455 e. The molecular weight excluding hydrogens is 322 g/mol. The lowest BCUT2D eigenvalue weighted by molar-refractivity contribution is -0.167. The highest BCUT2D eigenvalue weighted by Crippen LogP contribution is 2.31. The molecular formula is C14H17N3O5S. The van der Waals surface area contributed by atoms with E-state index < -0.39 is 42.4 Å². The van der Waals surface area contributed by atoms with Crippen molar-refractivity contribution in [1.29, 1.82) is 0 Å². The van der Waals surface area contributed by atoms with Crippen LogP contribution in [-0.4, -0.2) is 58.8 Å². The molecule has 1 aromatic carbocycles. The molecule has 1 aliphatic rings. The first-order valence-electron chi connectivity index (χ1n) is 6.89. The molecule has 0 spiro atoms. The van der Waals surface area contributed by atoms with Gasteiger partial charge in [-0.2, -0.15) is 0 Å². The molecule has 1 fully saturated rings. The number of esters is 1. The van der Waals surface area contributed by atoms with E-state index in [1.54, 1.807) is 36.6 Å². The van der Waals surface area contributed by atoms with Gasteiger partial charge in [-0.05, 0) is 23.9 Å². The highest BCUT2D eigenvalue weighted by atomic mass is 32.2. The molecule has 1 aromatic rings. The molecule has 2 rings (SSSR count). The molecule has 9 heteroatoms. The average Bonchev–Trinajstić information content (AvgIpc) is 2.59. The van der Waals surface area contributed by atoms with Gasteiger partial charge in [0.1, 0.15) is 29.8 Å². The van der Waals surface area contributed by atoms with Crippen LogP contribution in [0.25, 0.3) is 10.4 Å². The van der Waals surface area contributed by atoms with Crippen LogP contribution in [0.1, 0.15) is 10.4 Å². The standard InChI is InChI=1S/C14H17N3O5S/c1-23-14-10(16-17-15)12(11(19)9(7-18)21-14)22-13(20)8-5-3-2-4-6-8/h2-6,9-12,14,18-19H,7H2,1H3/t9?,10?,11-,12+,14+/m1/s1. The van der Waals surface area contributed by atoms with Crippen molar-refractivity contribution in [3.63, 3.8) is 0 Å². The summed E-state index contributed by atoms with van der Waals surface area (Å²) < 4.78 is 10.8. The van der Waals surface area contributed by atoms with Crippen molar-refractivity contribution in [3.05, 3.63) is 46.3 Å². The van der Waals surface area contributed by atoms with Crippen molar-refractivity contribution in [1.82, 2.24) is 0 Å². The molecule has 0 saturated carbocycles. The molecule has 8 nitrogen and oxygen atoms in total. The van der Waals surface area contributed by atoms with Crippen molar-refractivity contribution in [2.45, 2.75) is 29.8 Å². The summed E-state index contributed by atoms with van der Waals surface area (Å²) in [6.07, 6.45) is -1.60. The number of benzene rings is 1. The summed E-state index contributed by atoms with van der Waals surface area (Å²) in [5, 5.41) is 23.2. The number of nitrogens with zero attached hydrogens (tertiary/aromatic N) is 3. The van der Waals surface area contributed by atoms with Crippen molar-refractivity contribution in [3.8, 4) is 0 Å². The number of ether oxygens (including phenoxy) is 2. The number of hydrogen-bond donors (Lipinski definition) is 2. The van der Waals surface area contributed by atoms with Gasteiger partial charge in [0.15, 0.2) is 0 Å².